The minimum absolute atomic E-state index is 0.303. The number of benzene rings is 1. The van der Waals surface area contributed by atoms with Gasteiger partial charge >= 0.3 is 0 Å². The molecule has 18 heavy (non-hydrogen) atoms. The first-order valence-electron chi connectivity index (χ1n) is 5.80. The van der Waals surface area contributed by atoms with E-state index in [1.54, 1.807) is 18.4 Å². The summed E-state index contributed by atoms with van der Waals surface area (Å²) < 4.78 is 5.98. The zero-order chi connectivity index (χ0) is 13.0. The number of rotatable bonds is 5. The molecule has 1 unspecified atom stereocenters. The molecule has 0 saturated carbocycles. The lowest BCUT2D eigenvalue weighted by molar-refractivity contribution is 0.414. The van der Waals surface area contributed by atoms with Crippen LogP contribution in [-0.2, 0) is 6.54 Å². The van der Waals surface area contributed by atoms with Crippen LogP contribution in [0.3, 0.4) is 0 Å². The molecule has 0 saturated heterocycles. The van der Waals surface area contributed by atoms with Gasteiger partial charge in [-0.1, -0.05) is 23.7 Å². The summed E-state index contributed by atoms with van der Waals surface area (Å²) in [5, 5.41) is 3.48. The Balaban J connectivity index is 1.92. The predicted molar refractivity (Wildman–Crippen MR) is 77.6 cm³/mol. The van der Waals surface area contributed by atoms with Gasteiger partial charge in [0.15, 0.2) is 0 Å². The lowest BCUT2D eigenvalue weighted by Gasteiger charge is -2.14. The molecule has 96 valence electrons. The largest absolute Gasteiger partial charge is 0.497 e. The zero-order valence-electron chi connectivity index (χ0n) is 10.4. The van der Waals surface area contributed by atoms with E-state index in [0.29, 0.717) is 6.04 Å². The van der Waals surface area contributed by atoms with Crippen LogP contribution in [0, 0.1) is 0 Å². The molecule has 4 heteroatoms. The highest BCUT2D eigenvalue weighted by atomic mass is 35.5. The van der Waals surface area contributed by atoms with Crippen molar-refractivity contribution in [1.82, 2.24) is 5.32 Å². The van der Waals surface area contributed by atoms with Crippen molar-refractivity contribution in [2.45, 2.75) is 19.5 Å². The quantitative estimate of drug-likeness (QED) is 0.884. The van der Waals surface area contributed by atoms with Gasteiger partial charge in [-0.15, -0.1) is 11.3 Å². The summed E-state index contributed by atoms with van der Waals surface area (Å²) in [5.41, 5.74) is 1.25. The number of hydrogen-bond donors (Lipinski definition) is 1. The van der Waals surface area contributed by atoms with Crippen molar-refractivity contribution in [3.8, 4) is 5.75 Å². The predicted octanol–water partition coefficient (Wildman–Crippen LogP) is 4.26. The molecule has 0 radical (unpaired) electrons. The first-order chi connectivity index (χ1) is 8.69. The summed E-state index contributed by atoms with van der Waals surface area (Å²) in [6.07, 6.45) is 0. The van der Waals surface area contributed by atoms with Gasteiger partial charge in [-0.25, -0.2) is 0 Å². The smallest absolute Gasteiger partial charge is 0.118 e. The maximum atomic E-state index is 5.90. The van der Waals surface area contributed by atoms with Gasteiger partial charge in [-0.2, -0.15) is 0 Å². The van der Waals surface area contributed by atoms with Crippen molar-refractivity contribution >= 4 is 22.9 Å². The van der Waals surface area contributed by atoms with E-state index in [2.05, 4.69) is 30.4 Å². The highest BCUT2D eigenvalue weighted by Crippen LogP contribution is 2.22. The number of thiophene rings is 1. The van der Waals surface area contributed by atoms with Crippen LogP contribution in [0.5, 0.6) is 5.75 Å². The molecule has 0 spiro atoms. The van der Waals surface area contributed by atoms with Gasteiger partial charge in [0.1, 0.15) is 5.75 Å². The third-order valence-electron chi connectivity index (χ3n) is 2.83. The maximum Gasteiger partial charge on any atom is 0.118 e. The van der Waals surface area contributed by atoms with Gasteiger partial charge in [0.2, 0.25) is 0 Å². The summed E-state index contributed by atoms with van der Waals surface area (Å²) in [6, 6.07) is 12.4. The van der Waals surface area contributed by atoms with Crippen LogP contribution >= 0.6 is 22.9 Å². The Morgan fingerprint density at radius 2 is 1.94 bits per heavy atom. The molecule has 0 aliphatic heterocycles. The van der Waals surface area contributed by atoms with Crippen molar-refractivity contribution in [2.75, 3.05) is 7.11 Å². The highest BCUT2D eigenvalue weighted by Gasteiger charge is 2.06. The molecule has 1 atom stereocenters. The summed E-state index contributed by atoms with van der Waals surface area (Å²) in [7, 11) is 1.68. The van der Waals surface area contributed by atoms with Gasteiger partial charge in [0.25, 0.3) is 0 Å². The molecular weight excluding hydrogens is 266 g/mol. The fourth-order valence-electron chi connectivity index (χ4n) is 1.71. The van der Waals surface area contributed by atoms with Gasteiger partial charge in [-0.05, 0) is 36.8 Å². The minimum Gasteiger partial charge on any atom is -0.497 e. The standard InChI is InChI=1S/C14H16ClNOS/c1-10(11-3-5-12(17-2)6-4-11)16-9-13-7-8-14(15)18-13/h3-8,10,16H,9H2,1-2H3. The molecule has 2 rings (SSSR count). The van der Waals surface area contributed by atoms with Crippen molar-refractivity contribution in [2.24, 2.45) is 0 Å². The van der Waals surface area contributed by atoms with E-state index in [1.807, 2.05) is 18.2 Å². The van der Waals surface area contributed by atoms with Gasteiger partial charge in [0.05, 0.1) is 11.4 Å². The number of nitrogens with one attached hydrogen (secondary N) is 1. The summed E-state index contributed by atoms with van der Waals surface area (Å²) >= 11 is 7.52. The van der Waals surface area contributed by atoms with Crippen molar-refractivity contribution in [3.63, 3.8) is 0 Å². The Morgan fingerprint density at radius 3 is 2.50 bits per heavy atom. The maximum absolute atomic E-state index is 5.90. The van der Waals surface area contributed by atoms with E-state index in [4.69, 9.17) is 16.3 Å². The van der Waals surface area contributed by atoms with Crippen LogP contribution in [0.4, 0.5) is 0 Å². The molecule has 1 N–H and O–H groups in total. The van der Waals surface area contributed by atoms with E-state index >= 15 is 0 Å². The summed E-state index contributed by atoms with van der Waals surface area (Å²) in [5.74, 6) is 0.885. The Hall–Kier alpha value is -1.03. The Bertz CT molecular complexity index is 495. The van der Waals surface area contributed by atoms with Crippen molar-refractivity contribution < 1.29 is 4.74 Å². The molecule has 0 aliphatic carbocycles. The number of hydrogen-bond acceptors (Lipinski definition) is 3. The third-order valence-corrected chi connectivity index (χ3v) is 4.06. The Labute approximate surface area is 117 Å². The normalized spacial score (nSPS) is 12.4. The number of ether oxygens (including phenoxy) is 1. The molecule has 1 aromatic heterocycles. The number of methoxy groups -OCH3 is 1. The van der Waals surface area contributed by atoms with Crippen LogP contribution in [0.15, 0.2) is 36.4 Å². The van der Waals surface area contributed by atoms with E-state index in [-0.39, 0.29) is 0 Å². The van der Waals surface area contributed by atoms with Crippen LogP contribution in [-0.4, -0.2) is 7.11 Å². The van der Waals surface area contributed by atoms with Gasteiger partial charge in [-0.3, -0.25) is 0 Å². The fourth-order valence-corrected chi connectivity index (χ4v) is 2.75. The second kappa shape index (κ2) is 6.23. The lowest BCUT2D eigenvalue weighted by Crippen LogP contribution is -2.17. The third kappa shape index (κ3) is 3.48. The average molecular weight is 282 g/mol. The SMILES string of the molecule is COc1ccc(C(C)NCc2ccc(Cl)s2)cc1. The monoisotopic (exact) mass is 281 g/mol. The summed E-state index contributed by atoms with van der Waals surface area (Å²) in [6.45, 7) is 2.99. The minimum atomic E-state index is 0.303. The van der Waals surface area contributed by atoms with Crippen molar-refractivity contribution in [1.29, 1.82) is 0 Å². The van der Waals surface area contributed by atoms with E-state index in [1.165, 1.54) is 10.4 Å². The van der Waals surface area contributed by atoms with Crippen LogP contribution < -0.4 is 10.1 Å². The van der Waals surface area contributed by atoms with E-state index < -0.39 is 0 Å². The number of halogens is 1. The Morgan fingerprint density at radius 1 is 1.22 bits per heavy atom. The molecule has 2 aromatic rings. The molecule has 2 nitrogen and oxygen atoms in total. The lowest BCUT2D eigenvalue weighted by atomic mass is 10.1. The first kappa shape index (κ1) is 13.4. The van der Waals surface area contributed by atoms with Crippen molar-refractivity contribution in [3.05, 3.63) is 51.2 Å². The van der Waals surface area contributed by atoms with Crippen LogP contribution in [0.25, 0.3) is 0 Å². The second-order valence-electron chi connectivity index (χ2n) is 4.08. The second-order valence-corrected chi connectivity index (χ2v) is 5.88. The molecule has 0 fully saturated rings. The van der Waals surface area contributed by atoms with E-state index in [9.17, 15) is 0 Å². The Kier molecular flexibility index (Phi) is 4.64. The highest BCUT2D eigenvalue weighted by molar-refractivity contribution is 7.16. The summed E-state index contributed by atoms with van der Waals surface area (Å²) in [4.78, 5) is 1.25. The molecule has 1 heterocycles. The van der Waals surface area contributed by atoms with Gasteiger partial charge < -0.3 is 10.1 Å². The first-order valence-corrected chi connectivity index (χ1v) is 7.00. The molecular formula is C14H16ClNOS. The molecule has 0 amide bonds. The topological polar surface area (TPSA) is 21.3 Å². The average Bonchev–Trinajstić information content (AvgIpc) is 2.82. The zero-order valence-corrected chi connectivity index (χ0v) is 12.0. The van der Waals surface area contributed by atoms with Gasteiger partial charge in [0, 0.05) is 17.5 Å². The molecule has 0 bridgehead atoms. The van der Waals surface area contributed by atoms with E-state index in [0.717, 1.165) is 16.6 Å². The van der Waals surface area contributed by atoms with Crippen LogP contribution in [0.2, 0.25) is 4.34 Å². The molecule has 0 aliphatic rings. The molecule has 1 aromatic carbocycles. The van der Waals surface area contributed by atoms with Crippen LogP contribution in [0.1, 0.15) is 23.4 Å². The fraction of sp³-hybridized carbons (Fsp3) is 0.286.